The first kappa shape index (κ1) is 21.5. The molecule has 0 aliphatic carbocycles. The third-order valence-corrected chi connectivity index (χ3v) is 4.90. The van der Waals surface area contributed by atoms with Gasteiger partial charge in [-0.1, -0.05) is 25.1 Å². The summed E-state index contributed by atoms with van der Waals surface area (Å²) in [5.74, 6) is 1.85. The van der Waals surface area contributed by atoms with Crippen LogP contribution in [0.25, 0.3) is 5.69 Å². The maximum atomic E-state index is 4.71. The predicted molar refractivity (Wildman–Crippen MR) is 120 cm³/mol. The molecule has 1 aromatic carbocycles. The van der Waals surface area contributed by atoms with E-state index in [-0.39, 0.29) is 0 Å². The zero-order valence-electron chi connectivity index (χ0n) is 18.2. The number of hydrogen-bond acceptors (Lipinski definition) is 4. The van der Waals surface area contributed by atoms with Crippen molar-refractivity contribution in [3.05, 3.63) is 59.9 Å². The summed E-state index contributed by atoms with van der Waals surface area (Å²) in [5, 5.41) is 19.4. The molecular weight excluding hydrogens is 376 g/mol. The summed E-state index contributed by atoms with van der Waals surface area (Å²) in [7, 11) is 0. The molecule has 30 heavy (non-hydrogen) atoms. The molecule has 0 fully saturated rings. The van der Waals surface area contributed by atoms with Gasteiger partial charge >= 0.3 is 0 Å². The minimum Gasteiger partial charge on any atom is -0.357 e. The highest BCUT2D eigenvalue weighted by atomic mass is 15.3. The van der Waals surface area contributed by atoms with Gasteiger partial charge in [0.1, 0.15) is 12.2 Å². The van der Waals surface area contributed by atoms with Crippen LogP contribution in [-0.4, -0.2) is 50.1 Å². The van der Waals surface area contributed by atoms with Gasteiger partial charge < -0.3 is 15.2 Å². The Morgan fingerprint density at radius 1 is 1.13 bits per heavy atom. The molecule has 0 spiro atoms. The average Bonchev–Trinajstić information content (AvgIpc) is 3.38. The van der Waals surface area contributed by atoms with E-state index in [1.165, 1.54) is 5.56 Å². The minimum atomic E-state index is 0.762. The van der Waals surface area contributed by atoms with Crippen molar-refractivity contribution in [3.8, 4) is 5.69 Å². The standard InChI is InChI=1S/C22H32N8/c1-4-21-27-26-17-29(21)15-14-25-22(23-5-2)24-13-9-10-19-16-30(28-18(19)3)20-11-7-6-8-12-20/h6-8,11-12,16-17H,4-5,9-10,13-15H2,1-3H3,(H2,23,24,25). The van der Waals surface area contributed by atoms with Crippen LogP contribution in [0.1, 0.15) is 37.4 Å². The van der Waals surface area contributed by atoms with Crippen LogP contribution < -0.4 is 10.6 Å². The van der Waals surface area contributed by atoms with E-state index in [9.17, 15) is 0 Å². The van der Waals surface area contributed by atoms with Crippen LogP contribution >= 0.6 is 0 Å². The highest BCUT2D eigenvalue weighted by Crippen LogP contribution is 2.13. The van der Waals surface area contributed by atoms with Crippen molar-refractivity contribution in [2.45, 2.75) is 46.6 Å². The van der Waals surface area contributed by atoms with Crippen molar-refractivity contribution in [1.29, 1.82) is 0 Å². The number of guanidine groups is 1. The van der Waals surface area contributed by atoms with Crippen LogP contribution in [0.3, 0.4) is 0 Å². The number of para-hydroxylation sites is 1. The zero-order chi connectivity index (χ0) is 21.2. The molecule has 0 bridgehead atoms. The fraction of sp³-hybridized carbons (Fsp3) is 0.455. The van der Waals surface area contributed by atoms with Crippen molar-refractivity contribution in [2.24, 2.45) is 4.99 Å². The molecule has 2 aromatic heterocycles. The van der Waals surface area contributed by atoms with Crippen molar-refractivity contribution in [3.63, 3.8) is 0 Å². The average molecular weight is 409 g/mol. The largest absolute Gasteiger partial charge is 0.357 e. The van der Waals surface area contributed by atoms with E-state index in [2.05, 4.69) is 69.6 Å². The van der Waals surface area contributed by atoms with Gasteiger partial charge in [-0.15, -0.1) is 10.2 Å². The Hall–Kier alpha value is -3.16. The molecule has 3 aromatic rings. The van der Waals surface area contributed by atoms with Crippen LogP contribution in [-0.2, 0) is 19.4 Å². The van der Waals surface area contributed by atoms with E-state index < -0.39 is 0 Å². The molecule has 0 radical (unpaired) electrons. The Bertz CT molecular complexity index is 926. The summed E-state index contributed by atoms with van der Waals surface area (Å²) < 4.78 is 4.03. The monoisotopic (exact) mass is 408 g/mol. The number of nitrogens with zero attached hydrogens (tertiary/aromatic N) is 6. The van der Waals surface area contributed by atoms with Crippen molar-refractivity contribution in [2.75, 3.05) is 19.6 Å². The molecule has 8 heteroatoms. The number of aromatic nitrogens is 5. The maximum absolute atomic E-state index is 4.71. The highest BCUT2D eigenvalue weighted by Gasteiger charge is 2.06. The van der Waals surface area contributed by atoms with Gasteiger partial charge in [-0.2, -0.15) is 5.10 Å². The Labute approximate surface area is 178 Å². The molecule has 0 aliphatic heterocycles. The lowest BCUT2D eigenvalue weighted by atomic mass is 10.1. The number of nitrogens with one attached hydrogen (secondary N) is 2. The lowest BCUT2D eigenvalue weighted by Crippen LogP contribution is -2.39. The molecule has 0 saturated heterocycles. The summed E-state index contributed by atoms with van der Waals surface area (Å²) in [6.45, 7) is 9.43. The number of aryl methyl sites for hydroxylation is 3. The van der Waals surface area contributed by atoms with E-state index >= 15 is 0 Å². The van der Waals surface area contributed by atoms with Crippen LogP contribution in [0, 0.1) is 6.92 Å². The Morgan fingerprint density at radius 2 is 1.97 bits per heavy atom. The molecule has 0 atom stereocenters. The van der Waals surface area contributed by atoms with Gasteiger partial charge in [-0.05, 0) is 44.4 Å². The van der Waals surface area contributed by atoms with E-state index in [1.54, 1.807) is 6.33 Å². The maximum Gasteiger partial charge on any atom is 0.191 e. The number of benzene rings is 1. The van der Waals surface area contributed by atoms with Crippen molar-refractivity contribution in [1.82, 2.24) is 35.2 Å². The lowest BCUT2D eigenvalue weighted by molar-refractivity contribution is 0.632. The molecule has 0 saturated carbocycles. The summed E-state index contributed by atoms with van der Waals surface area (Å²) in [5.41, 5.74) is 3.43. The van der Waals surface area contributed by atoms with Crippen molar-refractivity contribution < 1.29 is 0 Å². The fourth-order valence-electron chi connectivity index (χ4n) is 3.29. The van der Waals surface area contributed by atoms with Gasteiger partial charge in [0.05, 0.1) is 11.4 Å². The van der Waals surface area contributed by atoms with Gasteiger partial charge in [0.15, 0.2) is 5.96 Å². The Kier molecular flexibility index (Phi) is 8.00. The summed E-state index contributed by atoms with van der Waals surface area (Å²) in [6, 6.07) is 10.2. The highest BCUT2D eigenvalue weighted by molar-refractivity contribution is 5.79. The van der Waals surface area contributed by atoms with Gasteiger partial charge in [0.25, 0.3) is 0 Å². The normalized spacial score (nSPS) is 11.6. The third-order valence-electron chi connectivity index (χ3n) is 4.90. The molecule has 160 valence electrons. The fourth-order valence-corrected chi connectivity index (χ4v) is 3.29. The molecule has 0 aliphatic rings. The van der Waals surface area contributed by atoms with Gasteiger partial charge in [-0.25, -0.2) is 4.68 Å². The molecule has 0 amide bonds. The van der Waals surface area contributed by atoms with Gasteiger partial charge in [0, 0.05) is 38.8 Å². The molecule has 2 N–H and O–H groups in total. The first-order valence-corrected chi connectivity index (χ1v) is 10.7. The van der Waals surface area contributed by atoms with E-state index in [0.29, 0.717) is 0 Å². The van der Waals surface area contributed by atoms with E-state index in [0.717, 1.165) is 68.6 Å². The second-order valence-electron chi connectivity index (χ2n) is 7.10. The SMILES string of the molecule is CCNC(=NCCCc1cn(-c2ccccc2)nc1C)NCCn1cnnc1CC. The quantitative estimate of drug-likeness (QED) is 0.306. The second kappa shape index (κ2) is 11.1. The van der Waals surface area contributed by atoms with Gasteiger partial charge in [0.2, 0.25) is 0 Å². The molecule has 0 unspecified atom stereocenters. The minimum absolute atomic E-state index is 0.762. The van der Waals surface area contributed by atoms with Crippen molar-refractivity contribution >= 4 is 5.96 Å². The lowest BCUT2D eigenvalue weighted by Gasteiger charge is -2.12. The molecular formula is C22H32N8. The Morgan fingerprint density at radius 3 is 2.73 bits per heavy atom. The number of rotatable bonds is 10. The first-order valence-electron chi connectivity index (χ1n) is 10.7. The van der Waals surface area contributed by atoms with E-state index in [4.69, 9.17) is 4.99 Å². The molecule has 8 nitrogen and oxygen atoms in total. The van der Waals surface area contributed by atoms with Crippen LogP contribution in [0.15, 0.2) is 47.8 Å². The van der Waals surface area contributed by atoms with Gasteiger partial charge in [-0.3, -0.25) is 4.99 Å². The van der Waals surface area contributed by atoms with Crippen LogP contribution in [0.5, 0.6) is 0 Å². The number of aliphatic imine (C=N–C) groups is 1. The first-order chi connectivity index (χ1) is 14.7. The third kappa shape index (κ3) is 5.92. The topological polar surface area (TPSA) is 85.0 Å². The zero-order valence-corrected chi connectivity index (χ0v) is 18.2. The van der Waals surface area contributed by atoms with Crippen LogP contribution in [0.4, 0.5) is 0 Å². The summed E-state index contributed by atoms with van der Waals surface area (Å²) >= 11 is 0. The van der Waals surface area contributed by atoms with E-state index in [1.807, 2.05) is 22.9 Å². The summed E-state index contributed by atoms with van der Waals surface area (Å²) in [6.07, 6.45) is 6.73. The smallest absolute Gasteiger partial charge is 0.191 e. The summed E-state index contributed by atoms with van der Waals surface area (Å²) in [4.78, 5) is 4.71. The predicted octanol–water partition coefficient (Wildman–Crippen LogP) is 2.52. The van der Waals surface area contributed by atoms with Crippen LogP contribution in [0.2, 0.25) is 0 Å². The Balaban J connectivity index is 1.48. The number of hydrogen-bond donors (Lipinski definition) is 2. The molecule has 3 rings (SSSR count). The second-order valence-corrected chi connectivity index (χ2v) is 7.10. The molecule has 2 heterocycles.